The van der Waals surface area contributed by atoms with Crippen molar-refractivity contribution < 1.29 is 19.0 Å². The Labute approximate surface area is 249 Å². The van der Waals surface area contributed by atoms with Gasteiger partial charge in [0.25, 0.3) is 0 Å². The standard InChI is InChI=1S/C33H33FN6O3/c1-3-29(42)40-14-13-24(16-25(40)19-41)39-17-21(18-39)7-12-28-30(31-32(35)36-20-37-33(31)38(28)2)22-8-10-26(11-9-22)43-27-6-4-5-23(34)15-27/h3-6,8-11,15,20-21,24-25,41H,1,13-14,16-19H2,2H3,(H2,35,36,37)/t24?,25-/m0/s1. The molecule has 1 amide bonds. The van der Waals surface area contributed by atoms with Crippen LogP contribution >= 0.6 is 0 Å². The molecule has 2 fully saturated rings. The van der Waals surface area contributed by atoms with Crippen LogP contribution in [0.5, 0.6) is 11.5 Å². The Morgan fingerprint density at radius 2 is 2.00 bits per heavy atom. The number of carbonyl (C=O) groups is 1. The van der Waals surface area contributed by atoms with Gasteiger partial charge in [0.2, 0.25) is 5.91 Å². The molecule has 0 radical (unpaired) electrons. The Kier molecular flexibility index (Phi) is 7.84. The van der Waals surface area contributed by atoms with Gasteiger partial charge in [-0.25, -0.2) is 14.4 Å². The third-order valence-electron chi connectivity index (χ3n) is 8.35. The maximum atomic E-state index is 13.6. The van der Waals surface area contributed by atoms with E-state index in [4.69, 9.17) is 10.5 Å². The highest BCUT2D eigenvalue weighted by molar-refractivity contribution is 6.03. The van der Waals surface area contributed by atoms with E-state index in [1.54, 1.807) is 17.0 Å². The second-order valence-corrected chi connectivity index (χ2v) is 11.0. The smallest absolute Gasteiger partial charge is 0.246 e. The Bertz CT molecular complexity index is 1740. The van der Waals surface area contributed by atoms with Gasteiger partial charge in [-0.05, 0) is 54.7 Å². The Morgan fingerprint density at radius 3 is 2.72 bits per heavy atom. The lowest BCUT2D eigenvalue weighted by Gasteiger charge is -2.48. The number of likely N-dealkylation sites (tertiary alicyclic amines) is 2. The van der Waals surface area contributed by atoms with Crippen LogP contribution in [0.4, 0.5) is 10.2 Å². The lowest BCUT2D eigenvalue weighted by molar-refractivity contribution is -0.132. The van der Waals surface area contributed by atoms with E-state index in [0.29, 0.717) is 35.6 Å². The summed E-state index contributed by atoms with van der Waals surface area (Å²) in [5, 5.41) is 10.6. The van der Waals surface area contributed by atoms with Crippen molar-refractivity contribution in [1.82, 2.24) is 24.3 Å². The molecule has 2 aromatic heterocycles. The average Bonchev–Trinajstić information content (AvgIpc) is 3.28. The molecule has 0 bridgehead atoms. The van der Waals surface area contributed by atoms with Crippen molar-refractivity contribution in [3.8, 4) is 34.5 Å². The highest BCUT2D eigenvalue weighted by atomic mass is 19.1. The van der Waals surface area contributed by atoms with Crippen LogP contribution in [-0.4, -0.2) is 73.7 Å². The first-order valence-electron chi connectivity index (χ1n) is 14.3. The number of amides is 1. The van der Waals surface area contributed by atoms with Crippen LogP contribution in [0.1, 0.15) is 18.5 Å². The number of halogens is 1. The summed E-state index contributed by atoms with van der Waals surface area (Å²) in [6, 6.07) is 13.6. The second kappa shape index (κ2) is 11.9. The van der Waals surface area contributed by atoms with E-state index in [-0.39, 0.29) is 30.3 Å². The molecule has 2 saturated heterocycles. The highest BCUT2D eigenvalue weighted by Crippen LogP contribution is 2.37. The van der Waals surface area contributed by atoms with Gasteiger partial charge in [0.15, 0.2) is 0 Å². The van der Waals surface area contributed by atoms with Crippen LogP contribution in [0, 0.1) is 23.6 Å². The van der Waals surface area contributed by atoms with Gasteiger partial charge in [-0.3, -0.25) is 9.69 Å². The van der Waals surface area contributed by atoms with Gasteiger partial charge >= 0.3 is 0 Å². The van der Waals surface area contributed by atoms with Crippen molar-refractivity contribution >= 4 is 22.8 Å². The van der Waals surface area contributed by atoms with E-state index in [1.165, 1.54) is 24.5 Å². The molecule has 0 aliphatic carbocycles. The molecule has 4 aromatic rings. The molecule has 0 saturated carbocycles. The lowest BCUT2D eigenvalue weighted by atomic mass is 9.90. The molecule has 2 atom stereocenters. The zero-order valence-corrected chi connectivity index (χ0v) is 23.9. The van der Waals surface area contributed by atoms with Crippen LogP contribution in [0.3, 0.4) is 0 Å². The summed E-state index contributed by atoms with van der Waals surface area (Å²) in [7, 11) is 1.92. The number of nitrogen functional groups attached to an aromatic ring is 1. The van der Waals surface area contributed by atoms with Crippen molar-refractivity contribution in [2.24, 2.45) is 13.0 Å². The first-order valence-corrected chi connectivity index (χ1v) is 14.3. The number of nitrogens with zero attached hydrogens (tertiary/aromatic N) is 5. The largest absolute Gasteiger partial charge is 0.457 e. The predicted octanol–water partition coefficient (Wildman–Crippen LogP) is 3.97. The van der Waals surface area contributed by atoms with Gasteiger partial charge in [-0.15, -0.1) is 0 Å². The van der Waals surface area contributed by atoms with Gasteiger partial charge in [-0.2, -0.15) is 0 Å². The molecule has 43 heavy (non-hydrogen) atoms. The third-order valence-corrected chi connectivity index (χ3v) is 8.35. The molecular formula is C33H33FN6O3. The van der Waals surface area contributed by atoms with E-state index >= 15 is 0 Å². The SMILES string of the molecule is C=CC(=O)N1CCC(N2CC(C#Cc3c(-c4ccc(Oc5cccc(F)c5)cc4)c4c(N)ncnc4n3C)C2)C[C@H]1CO. The maximum Gasteiger partial charge on any atom is 0.246 e. The van der Waals surface area contributed by atoms with Crippen molar-refractivity contribution in [1.29, 1.82) is 0 Å². The molecule has 9 nitrogen and oxygen atoms in total. The summed E-state index contributed by atoms with van der Waals surface area (Å²) >= 11 is 0. The molecule has 0 spiro atoms. The van der Waals surface area contributed by atoms with Crippen molar-refractivity contribution in [2.45, 2.75) is 24.9 Å². The predicted molar refractivity (Wildman–Crippen MR) is 163 cm³/mol. The normalized spacial score (nSPS) is 19.0. The van der Waals surface area contributed by atoms with Gasteiger partial charge in [0.1, 0.15) is 40.8 Å². The Balaban J connectivity index is 1.22. The maximum absolute atomic E-state index is 13.6. The number of aromatic nitrogens is 3. The molecule has 220 valence electrons. The number of nitrogens with two attached hydrogens (primary N) is 1. The average molecular weight is 581 g/mol. The number of hydrogen-bond donors (Lipinski definition) is 2. The molecule has 3 N–H and O–H groups in total. The number of aliphatic hydroxyl groups is 1. The van der Waals surface area contributed by atoms with E-state index in [2.05, 4.69) is 33.3 Å². The van der Waals surface area contributed by atoms with Gasteiger partial charge in [0.05, 0.1) is 18.0 Å². The molecule has 6 rings (SSSR count). The van der Waals surface area contributed by atoms with Crippen LogP contribution in [0.25, 0.3) is 22.2 Å². The van der Waals surface area contributed by atoms with Crippen LogP contribution in [0.15, 0.2) is 67.5 Å². The number of carbonyl (C=O) groups excluding carboxylic acids is 1. The lowest BCUT2D eigenvalue weighted by Crippen LogP contribution is -2.58. The number of piperidine rings is 1. The monoisotopic (exact) mass is 580 g/mol. The first-order chi connectivity index (χ1) is 20.9. The van der Waals surface area contributed by atoms with Gasteiger partial charge in [-0.1, -0.05) is 30.7 Å². The number of aryl methyl sites for hydroxylation is 1. The number of rotatable bonds is 6. The number of ether oxygens (including phenoxy) is 1. The summed E-state index contributed by atoms with van der Waals surface area (Å²) in [4.78, 5) is 25.0. The van der Waals surface area contributed by atoms with Gasteiger partial charge in [0, 0.05) is 50.3 Å². The number of fused-ring (bicyclic) bond motifs is 1. The molecule has 2 aliphatic rings. The van der Waals surface area contributed by atoms with E-state index < -0.39 is 0 Å². The van der Waals surface area contributed by atoms with Crippen molar-refractivity contribution in [2.75, 3.05) is 32.0 Å². The fourth-order valence-electron chi connectivity index (χ4n) is 6.07. The summed E-state index contributed by atoms with van der Waals surface area (Å²) in [6.45, 7) is 5.80. The minimum absolute atomic E-state index is 0.0546. The quantitative estimate of drug-likeness (QED) is 0.262. The van der Waals surface area contributed by atoms with Crippen LogP contribution < -0.4 is 10.5 Å². The van der Waals surface area contributed by atoms with E-state index in [1.807, 2.05) is 35.9 Å². The zero-order valence-electron chi connectivity index (χ0n) is 23.9. The fourth-order valence-corrected chi connectivity index (χ4v) is 6.07. The minimum Gasteiger partial charge on any atom is -0.457 e. The van der Waals surface area contributed by atoms with Crippen molar-refractivity contribution in [3.05, 3.63) is 79.0 Å². The molecule has 1 unspecified atom stereocenters. The number of hydrogen-bond acceptors (Lipinski definition) is 7. The molecule has 2 aromatic carbocycles. The summed E-state index contributed by atoms with van der Waals surface area (Å²) in [5.41, 5.74) is 9.56. The fraction of sp³-hybridized carbons (Fsp3) is 0.303. The molecule has 2 aliphatic heterocycles. The third kappa shape index (κ3) is 5.57. The summed E-state index contributed by atoms with van der Waals surface area (Å²) in [5.74, 6) is 7.94. The van der Waals surface area contributed by atoms with Gasteiger partial charge < -0.3 is 25.0 Å². The number of benzene rings is 2. The van der Waals surface area contributed by atoms with Crippen LogP contribution in [0.2, 0.25) is 0 Å². The topological polar surface area (TPSA) is 110 Å². The Hall–Kier alpha value is -4.72. The molecule has 4 heterocycles. The summed E-state index contributed by atoms with van der Waals surface area (Å²) < 4.78 is 21.4. The van der Waals surface area contributed by atoms with E-state index in [0.717, 1.165) is 48.1 Å². The minimum atomic E-state index is -0.363. The number of anilines is 1. The van der Waals surface area contributed by atoms with Crippen molar-refractivity contribution in [3.63, 3.8) is 0 Å². The zero-order chi connectivity index (χ0) is 30.1. The molecular weight excluding hydrogens is 547 g/mol. The first kappa shape index (κ1) is 28.4. The second-order valence-electron chi connectivity index (χ2n) is 11.0. The Morgan fingerprint density at radius 1 is 1.21 bits per heavy atom. The summed E-state index contributed by atoms with van der Waals surface area (Å²) in [6.07, 6.45) is 4.36. The highest BCUT2D eigenvalue weighted by Gasteiger charge is 2.37. The van der Waals surface area contributed by atoms with E-state index in [9.17, 15) is 14.3 Å². The number of aliphatic hydroxyl groups excluding tert-OH is 1. The van der Waals surface area contributed by atoms with Crippen LogP contribution in [-0.2, 0) is 11.8 Å². The molecule has 10 heteroatoms.